The number of hydrogen-bond donors (Lipinski definition) is 1. The van der Waals surface area contributed by atoms with Crippen LogP contribution in [0.25, 0.3) is 0 Å². The highest BCUT2D eigenvalue weighted by molar-refractivity contribution is 6.08. The van der Waals surface area contributed by atoms with Crippen LogP contribution in [0.3, 0.4) is 0 Å². The summed E-state index contributed by atoms with van der Waals surface area (Å²) in [5.74, 6) is -0.463. The molecule has 1 N–H and O–H groups in total. The quantitative estimate of drug-likeness (QED) is 0.488. The van der Waals surface area contributed by atoms with Crippen molar-refractivity contribution in [2.45, 2.75) is 19.9 Å². The molecule has 0 saturated carbocycles. The lowest BCUT2D eigenvalue weighted by Gasteiger charge is -2.38. The van der Waals surface area contributed by atoms with Crippen LogP contribution in [-0.4, -0.2) is 88.3 Å². The SMILES string of the molecule is CCOC(=O)[C@H]1C(=O)NC(N2CCN(CC)CC2)=N[C@@H]1c1cc(OC)c(OC)c(OC)c1. The van der Waals surface area contributed by atoms with E-state index in [-0.39, 0.29) is 6.61 Å². The molecule has 10 nitrogen and oxygen atoms in total. The van der Waals surface area contributed by atoms with Crippen molar-refractivity contribution in [2.75, 3.05) is 60.7 Å². The molecule has 1 aromatic rings. The Labute approximate surface area is 188 Å². The minimum absolute atomic E-state index is 0.167. The van der Waals surface area contributed by atoms with Gasteiger partial charge in [0.05, 0.1) is 27.9 Å². The smallest absolute Gasteiger partial charge is 0.321 e. The van der Waals surface area contributed by atoms with E-state index in [9.17, 15) is 9.59 Å². The summed E-state index contributed by atoms with van der Waals surface area (Å²) in [6.45, 7) is 8.20. The number of aliphatic imine (C=N–C) groups is 1. The van der Waals surface area contributed by atoms with E-state index in [1.54, 1.807) is 19.1 Å². The zero-order valence-corrected chi connectivity index (χ0v) is 19.3. The average Bonchev–Trinajstić information content (AvgIpc) is 2.82. The summed E-state index contributed by atoms with van der Waals surface area (Å²) in [6.07, 6.45) is 0. The number of carbonyl (C=O) groups excluding carboxylic acids is 2. The molecule has 2 heterocycles. The number of esters is 1. The molecule has 3 rings (SSSR count). The second kappa shape index (κ2) is 10.5. The summed E-state index contributed by atoms with van der Waals surface area (Å²) in [5, 5.41) is 2.82. The van der Waals surface area contributed by atoms with E-state index in [1.165, 1.54) is 21.3 Å². The topological polar surface area (TPSA) is 102 Å². The number of hydrogen-bond acceptors (Lipinski definition) is 9. The summed E-state index contributed by atoms with van der Waals surface area (Å²) in [7, 11) is 4.54. The maximum Gasteiger partial charge on any atom is 0.321 e. The standard InChI is InChI=1S/C22H32N4O6/c1-6-25-8-10-26(11-9-25)22-23-18(17(20(27)24-22)21(28)32-7-2)14-12-15(29-3)19(31-5)16(13-14)30-4/h12-13,17-18H,6-11H2,1-5H3,(H,23,24,27)/t17-,18-/m1/s1. The maximum atomic E-state index is 13.1. The van der Waals surface area contributed by atoms with Crippen LogP contribution in [0.15, 0.2) is 17.1 Å². The molecule has 2 aliphatic heterocycles. The van der Waals surface area contributed by atoms with Gasteiger partial charge in [0, 0.05) is 26.2 Å². The van der Waals surface area contributed by atoms with Gasteiger partial charge in [-0.1, -0.05) is 6.92 Å². The van der Waals surface area contributed by atoms with Crippen LogP contribution in [0.2, 0.25) is 0 Å². The third kappa shape index (κ3) is 4.74. The van der Waals surface area contributed by atoms with Gasteiger partial charge in [0.25, 0.3) is 0 Å². The Morgan fingerprint density at radius 2 is 1.69 bits per heavy atom. The van der Waals surface area contributed by atoms with Gasteiger partial charge in [0.1, 0.15) is 6.04 Å². The number of rotatable bonds is 7. The van der Waals surface area contributed by atoms with Crippen LogP contribution in [0.1, 0.15) is 25.5 Å². The third-order valence-electron chi connectivity index (χ3n) is 5.78. The Bertz CT molecular complexity index is 841. The van der Waals surface area contributed by atoms with Crippen molar-refractivity contribution in [1.29, 1.82) is 0 Å². The lowest BCUT2D eigenvalue weighted by Crippen LogP contribution is -2.57. The largest absolute Gasteiger partial charge is 0.493 e. The zero-order valence-electron chi connectivity index (χ0n) is 19.3. The van der Waals surface area contributed by atoms with Gasteiger partial charge in [-0.25, -0.2) is 4.99 Å². The molecular formula is C22H32N4O6. The third-order valence-corrected chi connectivity index (χ3v) is 5.78. The van der Waals surface area contributed by atoms with E-state index in [0.29, 0.717) is 28.8 Å². The first-order valence-electron chi connectivity index (χ1n) is 10.8. The highest BCUT2D eigenvalue weighted by Crippen LogP contribution is 2.42. The normalized spacial score (nSPS) is 21.5. The van der Waals surface area contributed by atoms with E-state index in [4.69, 9.17) is 23.9 Å². The minimum Gasteiger partial charge on any atom is -0.493 e. The molecule has 32 heavy (non-hydrogen) atoms. The molecule has 1 fully saturated rings. The van der Waals surface area contributed by atoms with Crippen molar-refractivity contribution in [2.24, 2.45) is 10.9 Å². The highest BCUT2D eigenvalue weighted by atomic mass is 16.5. The molecule has 176 valence electrons. The summed E-state index contributed by atoms with van der Waals surface area (Å²) in [4.78, 5) is 35.0. The van der Waals surface area contributed by atoms with Gasteiger partial charge in [-0.3, -0.25) is 14.9 Å². The Morgan fingerprint density at radius 1 is 1.06 bits per heavy atom. The molecule has 1 saturated heterocycles. The summed E-state index contributed by atoms with van der Waals surface area (Å²) in [6, 6.07) is 2.63. The van der Waals surface area contributed by atoms with Crippen molar-refractivity contribution in [3.8, 4) is 17.2 Å². The molecule has 1 amide bonds. The number of carbonyl (C=O) groups is 2. The molecule has 0 radical (unpaired) electrons. The van der Waals surface area contributed by atoms with E-state index in [1.807, 2.05) is 4.90 Å². The lowest BCUT2D eigenvalue weighted by atomic mass is 9.90. The second-order valence-electron chi connectivity index (χ2n) is 7.50. The molecule has 0 aliphatic carbocycles. The second-order valence-corrected chi connectivity index (χ2v) is 7.50. The van der Waals surface area contributed by atoms with E-state index >= 15 is 0 Å². The van der Waals surface area contributed by atoms with Crippen LogP contribution < -0.4 is 19.5 Å². The number of nitrogens with one attached hydrogen (secondary N) is 1. The first-order valence-corrected chi connectivity index (χ1v) is 10.8. The molecule has 2 atom stereocenters. The monoisotopic (exact) mass is 448 g/mol. The predicted molar refractivity (Wildman–Crippen MR) is 118 cm³/mol. The summed E-state index contributed by atoms with van der Waals surface area (Å²) < 4.78 is 21.5. The first-order chi connectivity index (χ1) is 15.5. The maximum absolute atomic E-state index is 13.1. The number of methoxy groups -OCH3 is 3. The average molecular weight is 449 g/mol. The van der Waals surface area contributed by atoms with Crippen LogP contribution in [-0.2, 0) is 14.3 Å². The Hall–Kier alpha value is -3.01. The van der Waals surface area contributed by atoms with E-state index < -0.39 is 23.8 Å². The fourth-order valence-electron chi connectivity index (χ4n) is 4.01. The minimum atomic E-state index is -1.13. The number of benzene rings is 1. The number of piperazine rings is 1. The Balaban J connectivity index is 2.04. The molecule has 1 aromatic carbocycles. The molecular weight excluding hydrogens is 416 g/mol. The fraction of sp³-hybridized carbons (Fsp3) is 0.591. The fourth-order valence-corrected chi connectivity index (χ4v) is 4.01. The van der Waals surface area contributed by atoms with Gasteiger partial charge in [-0.2, -0.15) is 0 Å². The molecule has 10 heteroatoms. The summed E-state index contributed by atoms with van der Waals surface area (Å²) in [5.41, 5.74) is 0.595. The van der Waals surface area contributed by atoms with Crippen LogP contribution in [0.5, 0.6) is 17.2 Å². The van der Waals surface area contributed by atoms with Crippen LogP contribution in [0, 0.1) is 5.92 Å². The van der Waals surface area contributed by atoms with E-state index in [0.717, 1.165) is 32.7 Å². The highest BCUT2D eigenvalue weighted by Gasteiger charge is 2.42. The van der Waals surface area contributed by atoms with Crippen molar-refractivity contribution in [3.63, 3.8) is 0 Å². The van der Waals surface area contributed by atoms with Gasteiger partial charge in [-0.05, 0) is 31.2 Å². The van der Waals surface area contributed by atoms with E-state index in [2.05, 4.69) is 17.1 Å². The van der Waals surface area contributed by atoms with Crippen LogP contribution >= 0.6 is 0 Å². The van der Waals surface area contributed by atoms with Gasteiger partial charge in [0.15, 0.2) is 17.4 Å². The number of nitrogens with zero attached hydrogens (tertiary/aromatic N) is 3. The predicted octanol–water partition coefficient (Wildman–Crippen LogP) is 1.06. The number of ether oxygens (including phenoxy) is 4. The number of likely N-dealkylation sites (N-methyl/N-ethyl adjacent to an activating group) is 1. The van der Waals surface area contributed by atoms with Gasteiger partial charge < -0.3 is 28.7 Å². The van der Waals surface area contributed by atoms with Crippen LogP contribution in [0.4, 0.5) is 0 Å². The molecule has 0 aromatic heterocycles. The molecule has 0 bridgehead atoms. The molecule has 0 spiro atoms. The van der Waals surface area contributed by atoms with Crippen molar-refractivity contribution >= 4 is 17.8 Å². The van der Waals surface area contributed by atoms with Crippen molar-refractivity contribution in [1.82, 2.24) is 15.1 Å². The Kier molecular flexibility index (Phi) is 7.79. The zero-order chi connectivity index (χ0) is 23.3. The molecule has 2 aliphatic rings. The lowest BCUT2D eigenvalue weighted by molar-refractivity contribution is -0.153. The van der Waals surface area contributed by atoms with Gasteiger partial charge >= 0.3 is 5.97 Å². The van der Waals surface area contributed by atoms with Gasteiger partial charge in [0.2, 0.25) is 17.6 Å². The van der Waals surface area contributed by atoms with Crippen molar-refractivity contribution in [3.05, 3.63) is 17.7 Å². The summed E-state index contributed by atoms with van der Waals surface area (Å²) >= 11 is 0. The number of amides is 1. The first kappa shape index (κ1) is 23.6. The van der Waals surface area contributed by atoms with Gasteiger partial charge in [-0.15, -0.1) is 0 Å². The van der Waals surface area contributed by atoms with Crippen molar-refractivity contribution < 1.29 is 28.5 Å². The molecule has 0 unspecified atom stereocenters. The Morgan fingerprint density at radius 3 is 2.19 bits per heavy atom. The number of guanidine groups is 1.